The smallest absolute Gasteiger partial charge is 0.320 e. The van der Waals surface area contributed by atoms with E-state index in [2.05, 4.69) is 0 Å². The number of hydrogen-bond acceptors (Lipinski definition) is 3. The second-order valence-electron chi connectivity index (χ2n) is 7.59. The molecule has 0 aliphatic carbocycles. The van der Waals surface area contributed by atoms with Crippen LogP contribution in [0.1, 0.15) is 23.1 Å². The Labute approximate surface area is 175 Å². The Morgan fingerprint density at radius 3 is 1.43 bits per heavy atom. The molecule has 0 aromatic heterocycles. The third-order valence-corrected chi connectivity index (χ3v) is 5.94. The highest BCUT2D eigenvalue weighted by Gasteiger charge is 2.52. The van der Waals surface area contributed by atoms with Crippen LogP contribution < -0.4 is 0 Å². The molecule has 1 heterocycles. The van der Waals surface area contributed by atoms with E-state index < -0.39 is 29.4 Å². The minimum Gasteiger partial charge on any atom is -0.481 e. The van der Waals surface area contributed by atoms with Gasteiger partial charge in [-0.3, -0.25) is 14.5 Å². The van der Waals surface area contributed by atoms with Gasteiger partial charge in [0.25, 0.3) is 0 Å². The first-order valence-corrected chi connectivity index (χ1v) is 9.94. The van der Waals surface area contributed by atoms with Crippen LogP contribution in [0.3, 0.4) is 0 Å². The van der Waals surface area contributed by atoms with Crippen molar-refractivity contribution in [2.45, 2.75) is 18.0 Å². The van der Waals surface area contributed by atoms with E-state index in [0.717, 1.165) is 16.7 Å². The van der Waals surface area contributed by atoms with Crippen molar-refractivity contribution in [1.29, 1.82) is 0 Å². The van der Waals surface area contributed by atoms with Gasteiger partial charge in [0.15, 0.2) is 0 Å². The second kappa shape index (κ2) is 8.13. The predicted molar refractivity (Wildman–Crippen MR) is 113 cm³/mol. The summed E-state index contributed by atoms with van der Waals surface area (Å²) in [7, 11) is 0. The van der Waals surface area contributed by atoms with E-state index in [-0.39, 0.29) is 13.0 Å². The number of carboxylic acid groups (broad SMARTS) is 2. The summed E-state index contributed by atoms with van der Waals surface area (Å²) in [6, 6.07) is 28.3. The summed E-state index contributed by atoms with van der Waals surface area (Å²) in [4.78, 5) is 26.0. The van der Waals surface area contributed by atoms with Gasteiger partial charge in [0.2, 0.25) is 0 Å². The largest absolute Gasteiger partial charge is 0.481 e. The van der Waals surface area contributed by atoms with Crippen LogP contribution in [0, 0.1) is 5.92 Å². The Kier molecular flexibility index (Phi) is 5.38. The molecule has 1 unspecified atom stereocenters. The second-order valence-corrected chi connectivity index (χ2v) is 7.59. The fourth-order valence-electron chi connectivity index (χ4n) is 4.66. The van der Waals surface area contributed by atoms with Crippen LogP contribution in [0.4, 0.5) is 0 Å². The van der Waals surface area contributed by atoms with Crippen LogP contribution >= 0.6 is 0 Å². The van der Waals surface area contributed by atoms with E-state index in [1.54, 1.807) is 0 Å². The molecule has 3 aromatic carbocycles. The molecule has 5 heteroatoms. The van der Waals surface area contributed by atoms with Crippen molar-refractivity contribution in [1.82, 2.24) is 4.90 Å². The maximum absolute atomic E-state index is 12.3. The van der Waals surface area contributed by atoms with E-state index >= 15 is 0 Å². The summed E-state index contributed by atoms with van der Waals surface area (Å²) >= 11 is 0. The number of benzene rings is 3. The van der Waals surface area contributed by atoms with Crippen LogP contribution in [-0.4, -0.2) is 39.6 Å². The lowest BCUT2D eigenvalue weighted by Gasteiger charge is -2.45. The molecular formula is C25H23NO4. The van der Waals surface area contributed by atoms with Crippen LogP contribution in [0.2, 0.25) is 0 Å². The van der Waals surface area contributed by atoms with Gasteiger partial charge in [-0.15, -0.1) is 0 Å². The number of carboxylic acids is 2. The van der Waals surface area contributed by atoms with Gasteiger partial charge in [0.05, 0.1) is 11.5 Å². The first-order valence-electron chi connectivity index (χ1n) is 9.94. The molecule has 0 amide bonds. The predicted octanol–water partition coefficient (Wildman–Crippen LogP) is 3.84. The molecule has 5 nitrogen and oxygen atoms in total. The van der Waals surface area contributed by atoms with E-state index in [9.17, 15) is 19.8 Å². The third kappa shape index (κ3) is 3.27. The first-order chi connectivity index (χ1) is 14.5. The molecule has 30 heavy (non-hydrogen) atoms. The Morgan fingerprint density at radius 2 is 1.10 bits per heavy atom. The Morgan fingerprint density at radius 1 is 0.700 bits per heavy atom. The zero-order valence-electron chi connectivity index (χ0n) is 16.4. The van der Waals surface area contributed by atoms with Crippen molar-refractivity contribution in [3.05, 3.63) is 108 Å². The molecule has 2 N–H and O–H groups in total. The van der Waals surface area contributed by atoms with E-state index in [1.165, 1.54) is 0 Å². The summed E-state index contributed by atoms with van der Waals surface area (Å²) < 4.78 is 0. The Hall–Kier alpha value is -3.44. The lowest BCUT2D eigenvalue weighted by molar-refractivity contribution is -0.143. The minimum absolute atomic E-state index is 0.0684. The van der Waals surface area contributed by atoms with Crippen LogP contribution in [0.25, 0.3) is 0 Å². The normalized spacial score (nSPS) is 19.5. The van der Waals surface area contributed by atoms with Crippen molar-refractivity contribution in [3.8, 4) is 0 Å². The number of nitrogens with zero attached hydrogens (tertiary/aromatic N) is 1. The van der Waals surface area contributed by atoms with Gasteiger partial charge in [-0.05, 0) is 23.1 Å². The molecular weight excluding hydrogens is 378 g/mol. The van der Waals surface area contributed by atoms with Crippen molar-refractivity contribution in [2.24, 2.45) is 5.92 Å². The summed E-state index contributed by atoms with van der Waals surface area (Å²) in [6.07, 6.45) is 0.0684. The van der Waals surface area contributed by atoms with Crippen LogP contribution in [0.15, 0.2) is 91.0 Å². The lowest BCUT2D eigenvalue weighted by Crippen LogP contribution is -2.53. The molecule has 1 saturated heterocycles. The average molecular weight is 401 g/mol. The van der Waals surface area contributed by atoms with Crippen molar-refractivity contribution in [2.75, 3.05) is 6.54 Å². The van der Waals surface area contributed by atoms with Gasteiger partial charge in [-0.25, -0.2) is 0 Å². The molecule has 3 aromatic rings. The summed E-state index contributed by atoms with van der Waals surface area (Å²) in [5.74, 6) is -2.72. The summed E-state index contributed by atoms with van der Waals surface area (Å²) in [6.45, 7) is 0.144. The molecule has 4 rings (SSSR count). The highest BCUT2D eigenvalue weighted by atomic mass is 16.4. The highest BCUT2D eigenvalue weighted by Crippen LogP contribution is 2.46. The fraction of sp³-hybridized carbons (Fsp3) is 0.200. The maximum Gasteiger partial charge on any atom is 0.320 e. The van der Waals surface area contributed by atoms with Crippen molar-refractivity contribution in [3.63, 3.8) is 0 Å². The SMILES string of the molecule is O=C(O)C1C[C@@H](C(=O)O)N(C(c2ccccc2)(c2ccccc2)c2ccccc2)C1. The standard InChI is InChI=1S/C25H23NO4/c27-23(28)18-16-22(24(29)30)26(17-18)25(19-10-4-1-5-11-19,20-12-6-2-7-13-20)21-14-8-3-9-15-21/h1-15,18,22H,16-17H2,(H,27,28)(H,29,30)/t18?,22-/m0/s1. The Bertz CT molecular complexity index is 924. The Balaban J connectivity index is 2.05. The number of likely N-dealkylation sites (tertiary alicyclic amines) is 1. The van der Waals surface area contributed by atoms with Crippen molar-refractivity contribution < 1.29 is 19.8 Å². The number of rotatable bonds is 6. The molecule has 0 spiro atoms. The monoisotopic (exact) mass is 401 g/mol. The summed E-state index contributed by atoms with van der Waals surface area (Å²) in [5.41, 5.74) is 1.77. The van der Waals surface area contributed by atoms with Crippen LogP contribution in [0.5, 0.6) is 0 Å². The molecule has 2 atom stereocenters. The molecule has 1 aliphatic heterocycles. The van der Waals surface area contributed by atoms with E-state index in [0.29, 0.717) is 0 Å². The third-order valence-electron chi connectivity index (χ3n) is 5.94. The molecule has 0 radical (unpaired) electrons. The van der Waals surface area contributed by atoms with Gasteiger partial charge in [-0.2, -0.15) is 0 Å². The van der Waals surface area contributed by atoms with Gasteiger partial charge in [-0.1, -0.05) is 91.0 Å². The summed E-state index contributed by atoms with van der Waals surface area (Å²) in [5, 5.41) is 19.7. The van der Waals surface area contributed by atoms with Gasteiger partial charge in [0.1, 0.15) is 6.04 Å². The number of aliphatic carboxylic acids is 2. The molecule has 0 saturated carbocycles. The van der Waals surface area contributed by atoms with Crippen molar-refractivity contribution >= 4 is 11.9 Å². The first kappa shape index (κ1) is 19.9. The number of carbonyl (C=O) groups is 2. The van der Waals surface area contributed by atoms with Gasteiger partial charge >= 0.3 is 11.9 Å². The number of hydrogen-bond donors (Lipinski definition) is 2. The molecule has 1 fully saturated rings. The fourth-order valence-corrected chi connectivity index (χ4v) is 4.66. The highest BCUT2D eigenvalue weighted by molar-refractivity contribution is 5.78. The van der Waals surface area contributed by atoms with E-state index in [4.69, 9.17) is 0 Å². The van der Waals surface area contributed by atoms with Gasteiger partial charge < -0.3 is 10.2 Å². The lowest BCUT2D eigenvalue weighted by atomic mass is 9.75. The topological polar surface area (TPSA) is 77.8 Å². The molecule has 0 bridgehead atoms. The zero-order valence-corrected chi connectivity index (χ0v) is 16.4. The van der Waals surface area contributed by atoms with E-state index in [1.807, 2.05) is 95.9 Å². The van der Waals surface area contributed by atoms with Crippen LogP contribution in [-0.2, 0) is 15.1 Å². The molecule has 152 valence electrons. The maximum atomic E-state index is 12.3. The average Bonchev–Trinajstić information content (AvgIpc) is 3.23. The zero-order chi connectivity index (χ0) is 21.1. The molecule has 1 aliphatic rings. The van der Waals surface area contributed by atoms with Gasteiger partial charge in [0, 0.05) is 6.54 Å². The minimum atomic E-state index is -1.01. The quantitative estimate of drug-likeness (QED) is 0.614.